The minimum atomic E-state index is -1.08. The molecule has 1 aromatic heterocycles. The summed E-state index contributed by atoms with van der Waals surface area (Å²) in [5, 5.41) is 11.4. The Morgan fingerprint density at radius 3 is 1.95 bits per heavy atom. The summed E-state index contributed by atoms with van der Waals surface area (Å²) in [6.07, 6.45) is -0.858. The van der Waals surface area contributed by atoms with Gasteiger partial charge in [-0.05, 0) is 0 Å². The third kappa shape index (κ3) is 5.71. The standard InChI is InChI=1S/C31H32N2O7Te/c1-37-23-13-9-21(10-14-23)31(20-7-5-4-6-8-20,22-11-15-24(38-2)16-12-22)39-19-25-27(35)28(41-3)29(40-25)33-18-17-26(34)32-30(33)36/h4-18,25,27-29,35H,19H2,1-3H3,(H,32,34,36)/t25-,27?,28?,29-/m0/s1. The molecule has 0 aliphatic carbocycles. The number of hydrogen-bond donors (Lipinski definition) is 2. The van der Waals surface area contributed by atoms with Crippen molar-refractivity contribution >= 4 is 20.9 Å². The van der Waals surface area contributed by atoms with Crippen molar-refractivity contribution in [1.29, 1.82) is 0 Å². The predicted molar refractivity (Wildman–Crippen MR) is 155 cm³/mol. The fourth-order valence-corrected chi connectivity index (χ4v) is 7.76. The molecule has 9 nitrogen and oxygen atoms in total. The Kier molecular flexibility index (Phi) is 8.97. The van der Waals surface area contributed by atoms with Crippen molar-refractivity contribution < 1.29 is 24.1 Å². The molecule has 0 spiro atoms. The van der Waals surface area contributed by atoms with Crippen LogP contribution in [0, 0.1) is 0 Å². The molecule has 214 valence electrons. The summed E-state index contributed by atoms with van der Waals surface area (Å²) in [5.74, 6) is 1.43. The summed E-state index contributed by atoms with van der Waals surface area (Å²) >= 11 is -0.745. The number of aromatic nitrogens is 2. The number of ether oxygens (including phenoxy) is 4. The zero-order chi connectivity index (χ0) is 29.0. The first kappa shape index (κ1) is 29.1. The molecule has 3 aromatic carbocycles. The summed E-state index contributed by atoms with van der Waals surface area (Å²) in [6, 6.07) is 26.6. The van der Waals surface area contributed by atoms with E-state index in [1.807, 2.05) is 78.9 Å². The van der Waals surface area contributed by atoms with E-state index in [9.17, 15) is 14.7 Å². The van der Waals surface area contributed by atoms with Crippen LogP contribution in [0.3, 0.4) is 0 Å². The summed E-state index contributed by atoms with van der Waals surface area (Å²) in [6.45, 7) is 0.0339. The van der Waals surface area contributed by atoms with Gasteiger partial charge < -0.3 is 0 Å². The summed E-state index contributed by atoms with van der Waals surface area (Å²) in [5.41, 5.74) is 0.469. The maximum absolute atomic E-state index is 12.6. The number of H-pyrrole nitrogens is 1. The molecule has 1 saturated heterocycles. The number of methoxy groups -OCH3 is 2. The van der Waals surface area contributed by atoms with Crippen LogP contribution in [0.1, 0.15) is 22.9 Å². The Balaban J connectivity index is 1.57. The minimum absolute atomic E-state index is 0.0339. The van der Waals surface area contributed by atoms with Crippen molar-refractivity contribution in [2.45, 2.75) is 33.0 Å². The number of nitrogens with one attached hydrogen (secondary N) is 1. The number of nitrogens with zero attached hydrogens (tertiary/aromatic N) is 1. The molecule has 5 rings (SSSR count). The van der Waals surface area contributed by atoms with Crippen LogP contribution in [0.5, 0.6) is 11.5 Å². The van der Waals surface area contributed by atoms with E-state index in [1.165, 1.54) is 16.8 Å². The van der Waals surface area contributed by atoms with E-state index >= 15 is 0 Å². The van der Waals surface area contributed by atoms with E-state index in [-0.39, 0.29) is 10.6 Å². The first-order valence-electron chi connectivity index (χ1n) is 13.1. The zero-order valence-electron chi connectivity index (χ0n) is 22.9. The quantitative estimate of drug-likeness (QED) is 0.197. The first-order valence-corrected chi connectivity index (χ1v) is 16.7. The molecule has 2 heterocycles. The predicted octanol–water partition coefficient (Wildman–Crippen LogP) is 3.36. The van der Waals surface area contributed by atoms with Gasteiger partial charge in [0.2, 0.25) is 0 Å². The fourth-order valence-electron chi connectivity index (χ4n) is 5.24. The third-order valence-electron chi connectivity index (χ3n) is 7.35. The topological polar surface area (TPSA) is 112 Å². The summed E-state index contributed by atoms with van der Waals surface area (Å²) < 4.78 is 25.2. The van der Waals surface area contributed by atoms with E-state index in [1.54, 1.807) is 14.2 Å². The average Bonchev–Trinajstić information content (AvgIpc) is 3.33. The van der Waals surface area contributed by atoms with Crippen molar-refractivity contribution in [3.05, 3.63) is 129 Å². The second-order valence-electron chi connectivity index (χ2n) is 9.59. The molecule has 1 aliphatic rings. The molecule has 0 saturated carbocycles. The molecule has 2 N–H and O–H groups in total. The zero-order valence-corrected chi connectivity index (χ0v) is 25.3. The van der Waals surface area contributed by atoms with Gasteiger partial charge in [0.05, 0.1) is 0 Å². The van der Waals surface area contributed by atoms with Gasteiger partial charge in [0, 0.05) is 0 Å². The van der Waals surface area contributed by atoms with Crippen LogP contribution in [0.4, 0.5) is 0 Å². The van der Waals surface area contributed by atoms with Gasteiger partial charge in [0.1, 0.15) is 0 Å². The Labute approximate surface area is 247 Å². The van der Waals surface area contributed by atoms with E-state index < -0.39 is 56.2 Å². The van der Waals surface area contributed by atoms with Crippen LogP contribution in [0.15, 0.2) is 101 Å². The molecule has 1 aliphatic heterocycles. The molecule has 41 heavy (non-hydrogen) atoms. The van der Waals surface area contributed by atoms with Crippen molar-refractivity contribution in [1.82, 2.24) is 9.55 Å². The van der Waals surface area contributed by atoms with Gasteiger partial charge in [-0.3, -0.25) is 0 Å². The van der Waals surface area contributed by atoms with Gasteiger partial charge in [-0.25, -0.2) is 0 Å². The van der Waals surface area contributed by atoms with E-state index in [4.69, 9.17) is 18.9 Å². The van der Waals surface area contributed by atoms with E-state index in [2.05, 4.69) is 9.96 Å². The van der Waals surface area contributed by atoms with Crippen LogP contribution in [-0.4, -0.2) is 68.6 Å². The van der Waals surface area contributed by atoms with Crippen molar-refractivity contribution in [3.8, 4) is 11.5 Å². The van der Waals surface area contributed by atoms with Crippen molar-refractivity contribution in [3.63, 3.8) is 0 Å². The van der Waals surface area contributed by atoms with Crippen LogP contribution >= 0.6 is 0 Å². The molecular weight excluding hydrogens is 640 g/mol. The molecule has 1 fully saturated rings. The molecule has 4 aromatic rings. The molecule has 2 unspecified atom stereocenters. The SMILES string of the molecule is COc1ccc(C(OC[C@@H]2O[C@H](n3ccc(=O)[nH]c3=O)C([Te]C)C2O)(c2ccccc2)c2ccc(OC)cc2)cc1. The number of aliphatic hydroxyl groups excluding tert-OH is 1. The second-order valence-corrected chi connectivity index (χ2v) is 12.5. The van der Waals surface area contributed by atoms with E-state index in [0.717, 1.165) is 16.7 Å². The van der Waals surface area contributed by atoms with Crippen molar-refractivity contribution in [2.75, 3.05) is 20.8 Å². The molecule has 0 radical (unpaired) electrons. The number of aromatic amines is 1. The fraction of sp³-hybridized carbons (Fsp3) is 0.290. The number of benzene rings is 3. The molecule has 4 atom stereocenters. The van der Waals surface area contributed by atoms with Crippen molar-refractivity contribution in [2.24, 2.45) is 0 Å². The van der Waals surface area contributed by atoms with Gasteiger partial charge in [-0.2, -0.15) is 0 Å². The van der Waals surface area contributed by atoms with Gasteiger partial charge >= 0.3 is 248 Å². The Morgan fingerprint density at radius 2 is 1.44 bits per heavy atom. The molecule has 10 heteroatoms. The Morgan fingerprint density at radius 1 is 0.878 bits per heavy atom. The summed E-state index contributed by atoms with van der Waals surface area (Å²) in [4.78, 5) is 28.6. The maximum atomic E-state index is 12.6. The van der Waals surface area contributed by atoms with Crippen LogP contribution in [0.25, 0.3) is 0 Å². The second kappa shape index (κ2) is 12.6. The van der Waals surface area contributed by atoms with Crippen LogP contribution in [-0.2, 0) is 15.1 Å². The van der Waals surface area contributed by atoms with Crippen LogP contribution in [0.2, 0.25) is 8.94 Å². The molecular formula is C31H32N2O7Te. The number of rotatable bonds is 10. The van der Waals surface area contributed by atoms with Gasteiger partial charge in [-0.1, -0.05) is 0 Å². The monoisotopic (exact) mass is 674 g/mol. The first-order chi connectivity index (χ1) is 19.9. The van der Waals surface area contributed by atoms with Gasteiger partial charge in [-0.15, -0.1) is 0 Å². The average molecular weight is 672 g/mol. The van der Waals surface area contributed by atoms with Gasteiger partial charge in [0.25, 0.3) is 0 Å². The molecule has 0 amide bonds. The number of aliphatic hydroxyl groups is 1. The summed E-state index contributed by atoms with van der Waals surface area (Å²) in [7, 11) is 3.24. The third-order valence-corrected chi connectivity index (χ3v) is 10.4. The Hall–Kier alpha value is -3.39. The normalized spacial score (nSPS) is 20.6. The van der Waals surface area contributed by atoms with Crippen LogP contribution < -0.4 is 20.7 Å². The molecule has 0 bridgehead atoms. The van der Waals surface area contributed by atoms with E-state index in [0.29, 0.717) is 11.5 Å². The van der Waals surface area contributed by atoms with Gasteiger partial charge in [0.15, 0.2) is 0 Å². The number of hydrogen-bond acceptors (Lipinski definition) is 7. The Bertz CT molecular complexity index is 1510.